The Morgan fingerprint density at radius 2 is 1.82 bits per heavy atom. The third-order valence-corrected chi connectivity index (χ3v) is 5.78. The number of thiophene rings is 1. The summed E-state index contributed by atoms with van der Waals surface area (Å²) in [6.07, 6.45) is 5.74. The molecule has 0 saturated carbocycles. The van der Waals surface area contributed by atoms with Crippen LogP contribution in [-0.2, 0) is 12.8 Å². The molecule has 1 aromatic carbocycles. The number of nitrogens with zero attached hydrogens (tertiary/aromatic N) is 1. The molecule has 2 heterocycles. The molecular formula is C18H20N2OS. The van der Waals surface area contributed by atoms with Gasteiger partial charge < -0.3 is 0 Å². The van der Waals surface area contributed by atoms with Crippen LogP contribution in [0.15, 0.2) is 30.3 Å². The summed E-state index contributed by atoms with van der Waals surface area (Å²) >= 11 is 1.64. The number of piperidine rings is 1. The molecule has 22 heavy (non-hydrogen) atoms. The van der Waals surface area contributed by atoms with Gasteiger partial charge in [-0.15, -0.1) is 11.3 Å². The van der Waals surface area contributed by atoms with Crippen molar-refractivity contribution in [2.45, 2.75) is 32.1 Å². The van der Waals surface area contributed by atoms with Gasteiger partial charge in [0.1, 0.15) is 0 Å². The van der Waals surface area contributed by atoms with Gasteiger partial charge in [-0.25, -0.2) is 5.01 Å². The molecule has 1 aromatic heterocycles. The number of hydrogen-bond acceptors (Lipinski definition) is 3. The van der Waals surface area contributed by atoms with E-state index in [1.807, 2.05) is 0 Å². The summed E-state index contributed by atoms with van der Waals surface area (Å²) in [5, 5.41) is 2.07. The average molecular weight is 312 g/mol. The lowest BCUT2D eigenvalue weighted by atomic mass is 9.91. The van der Waals surface area contributed by atoms with Gasteiger partial charge in [0.15, 0.2) is 0 Å². The molecule has 4 heteroatoms. The first-order valence-electron chi connectivity index (χ1n) is 8.08. The average Bonchev–Trinajstić information content (AvgIpc) is 3.00. The lowest BCUT2D eigenvalue weighted by Gasteiger charge is -2.26. The number of amides is 1. The summed E-state index contributed by atoms with van der Waals surface area (Å²) in [6, 6.07) is 10.7. The third kappa shape index (κ3) is 2.57. The van der Waals surface area contributed by atoms with Gasteiger partial charge in [-0.3, -0.25) is 10.2 Å². The number of carbonyl (C=O) groups excluding carboxylic acids is 1. The van der Waals surface area contributed by atoms with Crippen LogP contribution in [-0.4, -0.2) is 24.0 Å². The molecule has 0 spiro atoms. The normalized spacial score (nSPS) is 17.6. The number of nitrogens with one attached hydrogen (secondary N) is 1. The highest BCUT2D eigenvalue weighted by Crippen LogP contribution is 2.39. The zero-order valence-corrected chi connectivity index (χ0v) is 13.4. The molecule has 114 valence electrons. The molecule has 1 saturated heterocycles. The summed E-state index contributed by atoms with van der Waals surface area (Å²) in [5.41, 5.74) is 7.11. The van der Waals surface area contributed by atoms with Gasteiger partial charge >= 0.3 is 0 Å². The highest BCUT2D eigenvalue weighted by Gasteiger charge is 2.22. The molecule has 1 fully saturated rings. The Morgan fingerprint density at radius 1 is 1.05 bits per heavy atom. The Hall–Kier alpha value is -1.65. The second kappa shape index (κ2) is 5.86. The minimum Gasteiger partial charge on any atom is -0.284 e. The standard InChI is InChI=1S/C18H20N2OS/c21-18(19-20-10-4-1-5-11-20)16-12-14-9-8-13-6-2-3-7-15(13)17(14)22-16/h2-3,6-7,12H,1,4-5,8-11H2,(H,19,21). The van der Waals surface area contributed by atoms with Crippen LogP contribution in [0.25, 0.3) is 10.4 Å². The number of hydrogen-bond donors (Lipinski definition) is 1. The van der Waals surface area contributed by atoms with Crippen LogP contribution in [0.5, 0.6) is 0 Å². The number of carbonyl (C=O) groups is 1. The number of benzene rings is 1. The van der Waals surface area contributed by atoms with Crippen molar-refractivity contribution in [3.8, 4) is 10.4 Å². The van der Waals surface area contributed by atoms with Gasteiger partial charge in [0, 0.05) is 18.0 Å². The molecule has 0 bridgehead atoms. The quantitative estimate of drug-likeness (QED) is 0.918. The summed E-state index contributed by atoms with van der Waals surface area (Å²) in [5.74, 6) is 0.0544. The van der Waals surface area contributed by atoms with E-state index in [1.54, 1.807) is 11.3 Å². The van der Waals surface area contributed by atoms with E-state index in [9.17, 15) is 4.79 Å². The summed E-state index contributed by atoms with van der Waals surface area (Å²) in [7, 11) is 0. The fraction of sp³-hybridized carbons (Fsp3) is 0.389. The maximum atomic E-state index is 12.5. The van der Waals surface area contributed by atoms with Crippen LogP contribution in [0, 0.1) is 0 Å². The molecule has 1 aliphatic heterocycles. The van der Waals surface area contributed by atoms with Crippen LogP contribution in [0.4, 0.5) is 0 Å². The second-order valence-electron chi connectivity index (χ2n) is 6.11. The topological polar surface area (TPSA) is 32.3 Å². The van der Waals surface area contributed by atoms with Gasteiger partial charge in [0.05, 0.1) is 4.88 Å². The minimum absolute atomic E-state index is 0.0544. The van der Waals surface area contributed by atoms with Gasteiger partial charge in [0.2, 0.25) is 0 Å². The minimum atomic E-state index is 0.0544. The lowest BCUT2D eigenvalue weighted by molar-refractivity contribution is 0.0754. The number of hydrazine groups is 1. The van der Waals surface area contributed by atoms with E-state index in [1.165, 1.54) is 40.8 Å². The fourth-order valence-electron chi connectivity index (χ4n) is 3.39. The van der Waals surface area contributed by atoms with E-state index < -0.39 is 0 Å². The zero-order chi connectivity index (χ0) is 14.9. The molecule has 2 aromatic rings. The molecule has 4 rings (SSSR count). The van der Waals surface area contributed by atoms with Crippen molar-refractivity contribution in [2.24, 2.45) is 0 Å². The van der Waals surface area contributed by atoms with Crippen LogP contribution in [0.1, 0.15) is 40.1 Å². The molecule has 3 nitrogen and oxygen atoms in total. The van der Waals surface area contributed by atoms with Crippen molar-refractivity contribution in [1.82, 2.24) is 10.4 Å². The van der Waals surface area contributed by atoms with Crippen molar-refractivity contribution in [3.05, 3.63) is 46.3 Å². The predicted octanol–water partition coefficient (Wildman–Crippen LogP) is 3.64. The first-order chi connectivity index (χ1) is 10.8. The Bertz CT molecular complexity index is 701. The summed E-state index contributed by atoms with van der Waals surface area (Å²) in [4.78, 5) is 14.6. The van der Waals surface area contributed by atoms with Crippen LogP contribution < -0.4 is 5.43 Å². The zero-order valence-electron chi connectivity index (χ0n) is 12.6. The molecule has 1 aliphatic carbocycles. The molecule has 1 amide bonds. The molecular weight excluding hydrogens is 292 g/mol. The Kier molecular flexibility index (Phi) is 3.72. The first-order valence-corrected chi connectivity index (χ1v) is 8.90. The second-order valence-corrected chi connectivity index (χ2v) is 7.16. The van der Waals surface area contributed by atoms with Gasteiger partial charge in [-0.05, 0) is 48.4 Å². The summed E-state index contributed by atoms with van der Waals surface area (Å²) < 4.78 is 0. The van der Waals surface area contributed by atoms with Gasteiger partial charge in [-0.1, -0.05) is 30.7 Å². The van der Waals surface area contributed by atoms with Crippen molar-refractivity contribution in [2.75, 3.05) is 13.1 Å². The SMILES string of the molecule is O=C(NN1CCCCC1)c1cc2c(s1)-c1ccccc1CC2. The van der Waals surface area contributed by atoms with E-state index in [0.717, 1.165) is 30.8 Å². The highest BCUT2D eigenvalue weighted by atomic mass is 32.1. The number of fused-ring (bicyclic) bond motifs is 3. The third-order valence-electron chi connectivity index (χ3n) is 4.57. The smallest absolute Gasteiger partial charge is 0.275 e. The summed E-state index contributed by atoms with van der Waals surface area (Å²) in [6.45, 7) is 1.94. The van der Waals surface area contributed by atoms with Crippen LogP contribution >= 0.6 is 11.3 Å². The monoisotopic (exact) mass is 312 g/mol. The van der Waals surface area contributed by atoms with E-state index in [4.69, 9.17) is 0 Å². The highest BCUT2D eigenvalue weighted by molar-refractivity contribution is 7.17. The Labute approximate surface area is 134 Å². The Balaban J connectivity index is 1.57. The molecule has 0 unspecified atom stereocenters. The van der Waals surface area contributed by atoms with Crippen molar-refractivity contribution < 1.29 is 4.79 Å². The van der Waals surface area contributed by atoms with Crippen molar-refractivity contribution >= 4 is 17.2 Å². The van der Waals surface area contributed by atoms with E-state index in [0.29, 0.717) is 0 Å². The van der Waals surface area contributed by atoms with Gasteiger partial charge in [-0.2, -0.15) is 0 Å². The maximum absolute atomic E-state index is 12.5. The maximum Gasteiger partial charge on any atom is 0.275 e. The first kappa shape index (κ1) is 14.0. The Morgan fingerprint density at radius 3 is 2.68 bits per heavy atom. The van der Waals surface area contributed by atoms with Crippen molar-refractivity contribution in [1.29, 1.82) is 0 Å². The molecule has 0 radical (unpaired) electrons. The number of aryl methyl sites for hydroxylation is 2. The molecule has 0 atom stereocenters. The largest absolute Gasteiger partial charge is 0.284 e. The van der Waals surface area contributed by atoms with E-state index in [2.05, 4.69) is 40.8 Å². The fourth-order valence-corrected chi connectivity index (χ4v) is 4.55. The molecule has 1 N–H and O–H groups in total. The van der Waals surface area contributed by atoms with E-state index in [-0.39, 0.29) is 5.91 Å². The molecule has 2 aliphatic rings. The van der Waals surface area contributed by atoms with Crippen LogP contribution in [0.3, 0.4) is 0 Å². The number of rotatable bonds is 2. The van der Waals surface area contributed by atoms with Crippen molar-refractivity contribution in [3.63, 3.8) is 0 Å². The lowest BCUT2D eigenvalue weighted by Crippen LogP contribution is -2.44. The predicted molar refractivity (Wildman–Crippen MR) is 90.1 cm³/mol. The van der Waals surface area contributed by atoms with E-state index >= 15 is 0 Å². The van der Waals surface area contributed by atoms with Gasteiger partial charge in [0.25, 0.3) is 5.91 Å². The van der Waals surface area contributed by atoms with Crippen LogP contribution in [0.2, 0.25) is 0 Å².